The monoisotopic (exact) mass is 849 g/mol. The highest BCUT2D eigenvalue weighted by molar-refractivity contribution is 5.71. The average Bonchev–Trinajstić information content (AvgIpc) is 3.22. The van der Waals surface area contributed by atoms with Gasteiger partial charge in [-0.2, -0.15) is 0 Å². The first kappa shape index (κ1) is 58.4. The molecule has 0 aromatic carbocycles. The zero-order valence-electron chi connectivity index (χ0n) is 41.3. The highest BCUT2D eigenvalue weighted by atomic mass is 16.6. The largest absolute Gasteiger partial charge is 0.462 e. The van der Waals surface area contributed by atoms with Crippen molar-refractivity contribution in [3.05, 3.63) is 0 Å². The van der Waals surface area contributed by atoms with Crippen LogP contribution < -0.4 is 0 Å². The summed E-state index contributed by atoms with van der Waals surface area (Å²) >= 11 is 0. The minimum absolute atomic E-state index is 0.0647. The Hall–Kier alpha value is -1.59. The molecule has 1 unspecified atom stereocenters. The van der Waals surface area contributed by atoms with Gasteiger partial charge in [-0.1, -0.05) is 253 Å². The maximum absolute atomic E-state index is 12.8. The predicted octanol–water partition coefficient (Wildman–Crippen LogP) is 17.2. The van der Waals surface area contributed by atoms with Gasteiger partial charge in [0.1, 0.15) is 13.2 Å². The predicted molar refractivity (Wildman–Crippen MR) is 256 cm³/mol. The van der Waals surface area contributed by atoms with Gasteiger partial charge in [-0.25, -0.2) is 0 Å². The van der Waals surface area contributed by atoms with Gasteiger partial charge in [0.15, 0.2) is 6.10 Å². The van der Waals surface area contributed by atoms with Gasteiger partial charge in [0.25, 0.3) is 0 Å². The molecule has 60 heavy (non-hydrogen) atoms. The summed E-state index contributed by atoms with van der Waals surface area (Å²) in [4.78, 5) is 38.0. The van der Waals surface area contributed by atoms with Crippen molar-refractivity contribution in [2.24, 2.45) is 17.8 Å². The summed E-state index contributed by atoms with van der Waals surface area (Å²) in [5.74, 6) is 1.66. The van der Waals surface area contributed by atoms with Crippen LogP contribution in [0.2, 0.25) is 0 Å². The lowest BCUT2D eigenvalue weighted by Crippen LogP contribution is -2.30. The number of hydrogen-bond acceptors (Lipinski definition) is 6. The SMILES string of the molecule is CCC(C)CCCCCCCCCCCCC(=O)OC[C@@H](COC(=O)CCCCCCCCCCCC(C)C)OC(=O)CCCCCCCCCCCCCCCC(C)C. The molecule has 0 aromatic heterocycles. The zero-order valence-corrected chi connectivity index (χ0v) is 41.3. The van der Waals surface area contributed by atoms with Crippen molar-refractivity contribution in [1.29, 1.82) is 0 Å². The highest BCUT2D eigenvalue weighted by Crippen LogP contribution is 2.18. The normalized spacial score (nSPS) is 12.6. The van der Waals surface area contributed by atoms with Crippen LogP contribution in [0.3, 0.4) is 0 Å². The lowest BCUT2D eigenvalue weighted by atomic mass is 9.99. The van der Waals surface area contributed by atoms with Crippen LogP contribution in [0.25, 0.3) is 0 Å². The van der Waals surface area contributed by atoms with E-state index in [0.717, 1.165) is 75.5 Å². The van der Waals surface area contributed by atoms with E-state index in [2.05, 4.69) is 41.5 Å². The van der Waals surface area contributed by atoms with E-state index in [-0.39, 0.29) is 31.1 Å². The van der Waals surface area contributed by atoms with E-state index in [0.29, 0.717) is 19.3 Å². The second-order valence-corrected chi connectivity index (χ2v) is 19.7. The lowest BCUT2D eigenvalue weighted by Gasteiger charge is -2.18. The number of carbonyl (C=O) groups excluding carboxylic acids is 3. The molecule has 0 saturated carbocycles. The molecule has 0 rings (SSSR count). The average molecular weight is 849 g/mol. The van der Waals surface area contributed by atoms with E-state index >= 15 is 0 Å². The van der Waals surface area contributed by atoms with Crippen molar-refractivity contribution in [2.45, 2.75) is 298 Å². The van der Waals surface area contributed by atoms with Gasteiger partial charge in [0.2, 0.25) is 0 Å². The third kappa shape index (κ3) is 45.9. The molecule has 0 heterocycles. The Bertz CT molecular complexity index is 931. The Balaban J connectivity index is 4.32. The molecule has 356 valence electrons. The number of unbranched alkanes of at least 4 members (excludes halogenated alkanes) is 29. The molecule has 0 saturated heterocycles. The van der Waals surface area contributed by atoms with Crippen LogP contribution in [0.5, 0.6) is 0 Å². The molecule has 0 fully saturated rings. The second kappa shape index (κ2) is 45.4. The molecular weight excluding hydrogens is 745 g/mol. The van der Waals surface area contributed by atoms with E-state index in [4.69, 9.17) is 14.2 Å². The molecule has 6 nitrogen and oxygen atoms in total. The number of hydrogen-bond donors (Lipinski definition) is 0. The summed E-state index contributed by atoms with van der Waals surface area (Å²) < 4.78 is 16.8. The Morgan fingerprint density at radius 2 is 0.583 bits per heavy atom. The van der Waals surface area contributed by atoms with Crippen LogP contribution in [-0.2, 0) is 28.6 Å². The van der Waals surface area contributed by atoms with Gasteiger partial charge in [-0.05, 0) is 37.0 Å². The second-order valence-electron chi connectivity index (χ2n) is 19.7. The van der Waals surface area contributed by atoms with Crippen LogP contribution in [0.15, 0.2) is 0 Å². The van der Waals surface area contributed by atoms with Crippen LogP contribution in [0.4, 0.5) is 0 Å². The molecule has 0 aromatic rings. The Morgan fingerprint density at radius 3 is 0.867 bits per heavy atom. The van der Waals surface area contributed by atoms with Gasteiger partial charge in [0, 0.05) is 19.3 Å². The van der Waals surface area contributed by atoms with Gasteiger partial charge in [-0.15, -0.1) is 0 Å². The van der Waals surface area contributed by atoms with Crippen molar-refractivity contribution in [3.8, 4) is 0 Å². The maximum atomic E-state index is 12.8. The van der Waals surface area contributed by atoms with E-state index in [9.17, 15) is 14.4 Å². The fourth-order valence-corrected chi connectivity index (χ4v) is 8.08. The van der Waals surface area contributed by atoms with Crippen LogP contribution >= 0.6 is 0 Å². The molecule has 0 amide bonds. The third-order valence-corrected chi connectivity index (χ3v) is 12.5. The van der Waals surface area contributed by atoms with E-state index in [1.54, 1.807) is 0 Å². The first-order valence-electron chi connectivity index (χ1n) is 26.6. The van der Waals surface area contributed by atoms with Crippen molar-refractivity contribution >= 4 is 17.9 Å². The molecule has 0 radical (unpaired) electrons. The van der Waals surface area contributed by atoms with Crippen LogP contribution in [0.1, 0.15) is 292 Å². The van der Waals surface area contributed by atoms with Crippen molar-refractivity contribution in [2.75, 3.05) is 13.2 Å². The first-order valence-corrected chi connectivity index (χ1v) is 26.6. The molecule has 0 N–H and O–H groups in total. The van der Waals surface area contributed by atoms with Gasteiger partial charge in [-0.3, -0.25) is 14.4 Å². The topological polar surface area (TPSA) is 78.9 Å². The molecule has 0 aliphatic rings. The molecular formula is C54H104O6. The summed E-state index contributed by atoms with van der Waals surface area (Å²) in [6.07, 6.45) is 45.1. The van der Waals surface area contributed by atoms with Gasteiger partial charge >= 0.3 is 17.9 Å². The molecule has 0 bridgehead atoms. The third-order valence-electron chi connectivity index (χ3n) is 12.5. The smallest absolute Gasteiger partial charge is 0.306 e. The maximum Gasteiger partial charge on any atom is 0.306 e. The molecule has 2 atom stereocenters. The first-order chi connectivity index (χ1) is 29.1. The van der Waals surface area contributed by atoms with E-state index in [1.165, 1.54) is 173 Å². The lowest BCUT2D eigenvalue weighted by molar-refractivity contribution is -0.167. The van der Waals surface area contributed by atoms with E-state index in [1.807, 2.05) is 0 Å². The van der Waals surface area contributed by atoms with Gasteiger partial charge in [0.05, 0.1) is 0 Å². The standard InChI is InChI=1S/C54H104O6/c1-7-50(6)42-36-30-24-18-13-14-19-25-31-37-43-52(55)58-46-51(47-59-53(56)44-38-32-26-21-15-17-23-29-35-41-49(4)5)60-54(57)45-39-33-27-20-12-10-8-9-11-16-22-28-34-40-48(2)3/h48-51H,7-47H2,1-6H3/t50?,51-/m0/s1. The van der Waals surface area contributed by atoms with Crippen molar-refractivity contribution < 1.29 is 28.6 Å². The van der Waals surface area contributed by atoms with Crippen LogP contribution in [-0.4, -0.2) is 37.2 Å². The summed E-state index contributed by atoms with van der Waals surface area (Å²) in [5.41, 5.74) is 0. The fourth-order valence-electron chi connectivity index (χ4n) is 8.08. The number of esters is 3. The molecule has 6 heteroatoms. The fraction of sp³-hybridized carbons (Fsp3) is 0.944. The summed E-state index contributed by atoms with van der Waals surface area (Å²) in [6, 6.07) is 0. The van der Waals surface area contributed by atoms with Crippen LogP contribution in [0, 0.1) is 17.8 Å². The Morgan fingerprint density at radius 1 is 0.333 bits per heavy atom. The summed E-state index contributed by atoms with van der Waals surface area (Å²) in [5, 5.41) is 0. The van der Waals surface area contributed by atoms with Gasteiger partial charge < -0.3 is 14.2 Å². The minimum atomic E-state index is -0.763. The summed E-state index contributed by atoms with van der Waals surface area (Å²) in [7, 11) is 0. The molecule has 0 aliphatic heterocycles. The molecule has 0 aliphatic carbocycles. The number of carbonyl (C=O) groups is 3. The quantitative estimate of drug-likeness (QED) is 0.0345. The number of ether oxygens (including phenoxy) is 3. The van der Waals surface area contributed by atoms with E-state index < -0.39 is 6.10 Å². The number of rotatable bonds is 47. The highest BCUT2D eigenvalue weighted by Gasteiger charge is 2.19. The summed E-state index contributed by atoms with van der Waals surface area (Å²) in [6.45, 7) is 13.7. The van der Waals surface area contributed by atoms with Crippen molar-refractivity contribution in [3.63, 3.8) is 0 Å². The zero-order chi connectivity index (χ0) is 44.2. The Kier molecular flexibility index (Phi) is 44.2. The minimum Gasteiger partial charge on any atom is -0.462 e. The van der Waals surface area contributed by atoms with Crippen molar-refractivity contribution in [1.82, 2.24) is 0 Å². The Labute approximate surface area is 374 Å². The molecule has 0 spiro atoms.